The van der Waals surface area contributed by atoms with E-state index in [1.54, 1.807) is 6.07 Å². The van der Waals surface area contributed by atoms with Crippen molar-refractivity contribution in [3.8, 4) is 0 Å². The van der Waals surface area contributed by atoms with Gasteiger partial charge in [0.05, 0.1) is 5.02 Å². The predicted octanol–water partition coefficient (Wildman–Crippen LogP) is 4.86. The number of anilines is 1. The fraction of sp³-hybridized carbons (Fsp3) is 0.571. The minimum absolute atomic E-state index is 0.185. The maximum Gasteiger partial charge on any atom is 0.143 e. The average Bonchev–Trinajstić information content (AvgIpc) is 2.49. The molecule has 17 heavy (non-hydrogen) atoms. The molecule has 2 atom stereocenters. The summed E-state index contributed by atoms with van der Waals surface area (Å²) >= 11 is 5.67. The monoisotopic (exact) mass is 255 g/mol. The van der Waals surface area contributed by atoms with Gasteiger partial charge in [0.2, 0.25) is 0 Å². The van der Waals surface area contributed by atoms with E-state index >= 15 is 0 Å². The fourth-order valence-electron chi connectivity index (χ4n) is 2.45. The van der Waals surface area contributed by atoms with Crippen LogP contribution in [0.15, 0.2) is 18.2 Å². The van der Waals surface area contributed by atoms with Crippen LogP contribution in [0.4, 0.5) is 10.1 Å². The van der Waals surface area contributed by atoms with Crippen molar-refractivity contribution in [3.63, 3.8) is 0 Å². The minimum atomic E-state index is -0.348. The van der Waals surface area contributed by atoms with Gasteiger partial charge in [-0.3, -0.25) is 0 Å². The van der Waals surface area contributed by atoms with Crippen LogP contribution < -0.4 is 5.32 Å². The van der Waals surface area contributed by atoms with E-state index in [1.807, 2.05) is 6.07 Å². The zero-order chi connectivity index (χ0) is 12.3. The van der Waals surface area contributed by atoms with Gasteiger partial charge in [-0.15, -0.1) is 0 Å². The fourth-order valence-corrected chi connectivity index (χ4v) is 2.57. The van der Waals surface area contributed by atoms with E-state index in [0.717, 1.165) is 11.6 Å². The molecule has 1 aliphatic carbocycles. The molecule has 2 unspecified atom stereocenters. The molecule has 0 heterocycles. The molecular formula is C14H19ClFN. The van der Waals surface area contributed by atoms with Crippen molar-refractivity contribution in [2.75, 3.05) is 5.32 Å². The van der Waals surface area contributed by atoms with Gasteiger partial charge in [-0.2, -0.15) is 0 Å². The number of nitrogens with one attached hydrogen (secondary N) is 1. The maximum atomic E-state index is 13.3. The predicted molar refractivity (Wildman–Crippen MR) is 71.1 cm³/mol. The van der Waals surface area contributed by atoms with E-state index in [2.05, 4.69) is 12.2 Å². The zero-order valence-electron chi connectivity index (χ0n) is 10.2. The summed E-state index contributed by atoms with van der Waals surface area (Å²) in [6.45, 7) is 2.31. The Hall–Kier alpha value is -0.760. The van der Waals surface area contributed by atoms with Gasteiger partial charge < -0.3 is 5.32 Å². The quantitative estimate of drug-likeness (QED) is 0.744. The lowest BCUT2D eigenvalue weighted by atomic mass is 10.0. The van der Waals surface area contributed by atoms with Gasteiger partial charge in [0.25, 0.3) is 0 Å². The maximum absolute atomic E-state index is 13.3. The smallest absolute Gasteiger partial charge is 0.143 e. The Labute approximate surface area is 107 Å². The number of hydrogen-bond acceptors (Lipinski definition) is 1. The summed E-state index contributed by atoms with van der Waals surface area (Å²) < 4.78 is 13.3. The highest BCUT2D eigenvalue weighted by Gasteiger charge is 2.16. The Kier molecular flexibility index (Phi) is 4.27. The number of benzene rings is 1. The zero-order valence-corrected chi connectivity index (χ0v) is 10.9. The standard InChI is InChI=1S/C14H19ClFN/c1-10-3-2-4-11(6-5-10)17-12-7-8-13(15)14(16)9-12/h7-11,17H,2-6H2,1H3. The first-order chi connectivity index (χ1) is 8.15. The summed E-state index contributed by atoms with van der Waals surface area (Å²) in [5.41, 5.74) is 0.839. The van der Waals surface area contributed by atoms with Gasteiger partial charge in [0.15, 0.2) is 0 Å². The molecule has 94 valence electrons. The van der Waals surface area contributed by atoms with Crippen molar-refractivity contribution < 1.29 is 4.39 Å². The molecule has 1 aromatic rings. The van der Waals surface area contributed by atoms with Gasteiger partial charge in [0.1, 0.15) is 5.82 Å². The molecule has 0 bridgehead atoms. The van der Waals surface area contributed by atoms with Crippen LogP contribution in [0.1, 0.15) is 39.0 Å². The van der Waals surface area contributed by atoms with Crippen LogP contribution in [-0.4, -0.2) is 6.04 Å². The molecule has 0 aliphatic heterocycles. The third kappa shape index (κ3) is 3.60. The van der Waals surface area contributed by atoms with E-state index in [4.69, 9.17) is 11.6 Å². The topological polar surface area (TPSA) is 12.0 Å². The molecule has 1 fully saturated rings. The first-order valence-corrected chi connectivity index (χ1v) is 6.74. The van der Waals surface area contributed by atoms with E-state index in [-0.39, 0.29) is 10.8 Å². The molecule has 0 radical (unpaired) electrons. The molecule has 1 aliphatic rings. The van der Waals surface area contributed by atoms with Crippen LogP contribution in [-0.2, 0) is 0 Å². The normalized spacial score (nSPS) is 25.4. The van der Waals surface area contributed by atoms with Crippen LogP contribution in [0, 0.1) is 11.7 Å². The molecule has 1 saturated carbocycles. The molecular weight excluding hydrogens is 237 g/mol. The van der Waals surface area contributed by atoms with Crippen molar-refractivity contribution in [2.24, 2.45) is 5.92 Å². The largest absolute Gasteiger partial charge is 0.382 e. The van der Waals surface area contributed by atoms with Crippen molar-refractivity contribution in [2.45, 2.75) is 45.1 Å². The highest BCUT2D eigenvalue weighted by atomic mass is 35.5. The molecule has 3 heteroatoms. The summed E-state index contributed by atoms with van der Waals surface area (Å²) in [7, 11) is 0. The van der Waals surface area contributed by atoms with Gasteiger partial charge in [-0.25, -0.2) is 4.39 Å². The molecule has 1 aromatic carbocycles. The number of hydrogen-bond donors (Lipinski definition) is 1. The summed E-state index contributed by atoms with van der Waals surface area (Å²) in [6, 6.07) is 5.41. The molecule has 0 spiro atoms. The Morgan fingerprint density at radius 2 is 2.06 bits per heavy atom. The van der Waals surface area contributed by atoms with Gasteiger partial charge in [-0.1, -0.05) is 31.4 Å². The summed E-state index contributed by atoms with van der Waals surface area (Å²) in [6.07, 6.45) is 6.18. The second-order valence-corrected chi connectivity index (χ2v) is 5.49. The lowest BCUT2D eigenvalue weighted by Crippen LogP contribution is -2.18. The summed E-state index contributed by atoms with van der Waals surface area (Å²) in [5.74, 6) is 0.474. The molecule has 2 rings (SSSR count). The molecule has 1 N–H and O–H groups in total. The summed E-state index contributed by atoms with van der Waals surface area (Å²) in [5, 5.41) is 3.60. The highest BCUT2D eigenvalue weighted by Crippen LogP contribution is 2.26. The van der Waals surface area contributed by atoms with E-state index in [1.165, 1.54) is 38.2 Å². The summed E-state index contributed by atoms with van der Waals surface area (Å²) in [4.78, 5) is 0. The van der Waals surface area contributed by atoms with Crippen LogP contribution in [0.3, 0.4) is 0 Å². The van der Waals surface area contributed by atoms with Gasteiger partial charge in [0, 0.05) is 11.7 Å². The average molecular weight is 256 g/mol. The number of rotatable bonds is 2. The van der Waals surface area contributed by atoms with Crippen molar-refractivity contribution in [3.05, 3.63) is 29.0 Å². The third-order valence-electron chi connectivity index (χ3n) is 3.55. The Balaban J connectivity index is 1.97. The highest BCUT2D eigenvalue weighted by molar-refractivity contribution is 6.30. The lowest BCUT2D eigenvalue weighted by Gasteiger charge is -2.18. The van der Waals surface area contributed by atoms with E-state index < -0.39 is 0 Å². The SMILES string of the molecule is CC1CCCC(Nc2ccc(Cl)c(F)c2)CC1. The van der Waals surface area contributed by atoms with Crippen LogP contribution in [0.5, 0.6) is 0 Å². The molecule has 0 saturated heterocycles. The number of halogens is 2. The van der Waals surface area contributed by atoms with Gasteiger partial charge in [-0.05, 0) is 43.4 Å². The second-order valence-electron chi connectivity index (χ2n) is 5.08. The Morgan fingerprint density at radius 1 is 1.24 bits per heavy atom. The minimum Gasteiger partial charge on any atom is -0.382 e. The molecule has 0 aromatic heterocycles. The van der Waals surface area contributed by atoms with Crippen molar-refractivity contribution in [1.29, 1.82) is 0 Å². The van der Waals surface area contributed by atoms with Crippen molar-refractivity contribution >= 4 is 17.3 Å². The van der Waals surface area contributed by atoms with Crippen LogP contribution >= 0.6 is 11.6 Å². The molecule has 1 nitrogen and oxygen atoms in total. The first-order valence-electron chi connectivity index (χ1n) is 6.37. The van der Waals surface area contributed by atoms with Crippen LogP contribution in [0.2, 0.25) is 5.02 Å². The molecule has 0 amide bonds. The first kappa shape index (κ1) is 12.7. The van der Waals surface area contributed by atoms with E-state index in [0.29, 0.717) is 6.04 Å². The van der Waals surface area contributed by atoms with E-state index in [9.17, 15) is 4.39 Å². The Morgan fingerprint density at radius 3 is 2.82 bits per heavy atom. The van der Waals surface area contributed by atoms with Crippen molar-refractivity contribution in [1.82, 2.24) is 0 Å². The third-order valence-corrected chi connectivity index (χ3v) is 3.85. The Bertz CT molecular complexity index is 380. The van der Waals surface area contributed by atoms with Gasteiger partial charge >= 0.3 is 0 Å². The lowest BCUT2D eigenvalue weighted by molar-refractivity contribution is 0.502. The van der Waals surface area contributed by atoms with Crippen LogP contribution in [0.25, 0.3) is 0 Å². The second kappa shape index (κ2) is 5.72.